The monoisotopic (exact) mass is 222 g/mol. The highest BCUT2D eigenvalue weighted by molar-refractivity contribution is 5.88. The van der Waals surface area contributed by atoms with Gasteiger partial charge in [-0.15, -0.1) is 0 Å². The van der Waals surface area contributed by atoms with Crippen molar-refractivity contribution in [1.29, 1.82) is 0 Å². The molecule has 0 atom stereocenters. The number of hydrogen-bond donors (Lipinski definition) is 2. The largest absolute Gasteiger partial charge is 0.478 e. The lowest BCUT2D eigenvalue weighted by Gasteiger charge is -1.98. The molecule has 0 spiro atoms. The number of hydrogen-bond acceptors (Lipinski definition) is 2. The summed E-state index contributed by atoms with van der Waals surface area (Å²) in [6.07, 6.45) is 5.78. The van der Waals surface area contributed by atoms with Gasteiger partial charge in [0.15, 0.2) is 0 Å². The lowest BCUT2D eigenvalue weighted by molar-refractivity contribution is -0.133. The van der Waals surface area contributed by atoms with Crippen LogP contribution in [0.4, 0.5) is 0 Å². The maximum absolute atomic E-state index is 10.6. The van der Waals surface area contributed by atoms with Gasteiger partial charge in [-0.25, -0.2) is 9.59 Å². The van der Waals surface area contributed by atoms with Gasteiger partial charge in [0.05, 0.1) is 0 Å². The Morgan fingerprint density at radius 3 is 1.62 bits per heavy atom. The molecule has 2 N–H and O–H groups in total. The van der Waals surface area contributed by atoms with E-state index in [2.05, 4.69) is 6.58 Å². The minimum absolute atomic E-state index is 0.127. The van der Waals surface area contributed by atoms with Crippen LogP contribution in [0.2, 0.25) is 0 Å². The molecule has 0 rings (SSSR count). The van der Waals surface area contributed by atoms with Crippen molar-refractivity contribution in [3.8, 4) is 0 Å². The lowest BCUT2D eigenvalue weighted by atomic mass is 10.1. The molecule has 0 aliphatic heterocycles. The molecule has 0 radical (unpaired) electrons. The number of rotatable bonds is 5. The topological polar surface area (TPSA) is 74.6 Å². The molecule has 0 fully saturated rings. The molecule has 4 nitrogen and oxygen atoms in total. The first-order chi connectivity index (χ1) is 7.38. The highest BCUT2D eigenvalue weighted by Gasteiger charge is 2.03. The fraction of sp³-hybridized carbons (Fsp3) is 0.167. The quantitative estimate of drug-likeness (QED) is 0.552. The van der Waals surface area contributed by atoms with Gasteiger partial charge in [-0.1, -0.05) is 18.7 Å². The molecule has 0 aromatic heterocycles. The van der Waals surface area contributed by atoms with Crippen molar-refractivity contribution in [1.82, 2.24) is 0 Å². The molecule has 0 saturated heterocycles. The van der Waals surface area contributed by atoms with Crippen LogP contribution in [0.3, 0.4) is 0 Å². The normalized spacial score (nSPS) is 11.9. The second-order valence-corrected chi connectivity index (χ2v) is 3.17. The number of allylic oxidation sites excluding steroid dienone is 5. The van der Waals surface area contributed by atoms with E-state index in [4.69, 9.17) is 10.2 Å². The van der Waals surface area contributed by atoms with E-state index in [1.165, 1.54) is 32.1 Å². The summed E-state index contributed by atoms with van der Waals surface area (Å²) < 4.78 is 0. The second kappa shape index (κ2) is 6.40. The first-order valence-corrected chi connectivity index (χ1v) is 4.54. The Morgan fingerprint density at radius 2 is 1.38 bits per heavy atom. The predicted molar refractivity (Wildman–Crippen MR) is 61.1 cm³/mol. The van der Waals surface area contributed by atoms with Crippen LogP contribution in [0.5, 0.6) is 0 Å². The Balaban J connectivity index is 5.22. The molecule has 0 heterocycles. The summed E-state index contributed by atoms with van der Waals surface area (Å²) in [5, 5.41) is 17.4. The van der Waals surface area contributed by atoms with E-state index >= 15 is 0 Å². The molecule has 0 aromatic carbocycles. The van der Waals surface area contributed by atoms with Crippen molar-refractivity contribution in [2.75, 3.05) is 0 Å². The Kier molecular flexibility index (Phi) is 5.56. The van der Waals surface area contributed by atoms with Gasteiger partial charge in [0.2, 0.25) is 0 Å². The van der Waals surface area contributed by atoms with E-state index in [1.807, 2.05) is 0 Å². The standard InChI is InChI=1S/C12H14O4/c1-4-5-10(6-8(2)11(13)14)7-9(3)12(15)16/h4-7H,1H2,2-3H3,(H,13,14)(H,15,16). The van der Waals surface area contributed by atoms with Gasteiger partial charge in [0.1, 0.15) is 0 Å². The smallest absolute Gasteiger partial charge is 0.331 e. The zero-order valence-electron chi connectivity index (χ0n) is 9.23. The summed E-state index contributed by atoms with van der Waals surface area (Å²) in [5.74, 6) is -2.09. The number of carboxylic acids is 2. The third-order valence-corrected chi connectivity index (χ3v) is 1.75. The van der Waals surface area contributed by atoms with Crippen LogP contribution in [0, 0.1) is 0 Å². The van der Waals surface area contributed by atoms with Crippen molar-refractivity contribution in [2.24, 2.45) is 0 Å². The zero-order valence-corrected chi connectivity index (χ0v) is 9.23. The van der Waals surface area contributed by atoms with Crippen molar-refractivity contribution in [2.45, 2.75) is 13.8 Å². The van der Waals surface area contributed by atoms with Gasteiger partial charge >= 0.3 is 11.9 Å². The van der Waals surface area contributed by atoms with E-state index < -0.39 is 11.9 Å². The Bertz CT molecular complexity index is 365. The highest BCUT2D eigenvalue weighted by Crippen LogP contribution is 2.08. The molecule has 0 aliphatic carbocycles. The van der Waals surface area contributed by atoms with E-state index in [0.29, 0.717) is 5.57 Å². The number of carboxylic acid groups (broad SMARTS) is 2. The van der Waals surface area contributed by atoms with Gasteiger partial charge in [-0.05, 0) is 31.6 Å². The molecule has 0 bridgehead atoms. The molecular weight excluding hydrogens is 208 g/mol. The average molecular weight is 222 g/mol. The highest BCUT2D eigenvalue weighted by atomic mass is 16.4. The molecule has 0 unspecified atom stereocenters. The predicted octanol–water partition coefficient (Wildman–Crippen LogP) is 2.16. The summed E-state index contributed by atoms with van der Waals surface area (Å²) in [6, 6.07) is 0. The Hall–Kier alpha value is -2.10. The average Bonchev–Trinajstić information content (AvgIpc) is 2.17. The first kappa shape index (κ1) is 13.9. The van der Waals surface area contributed by atoms with Crippen LogP contribution < -0.4 is 0 Å². The van der Waals surface area contributed by atoms with Gasteiger partial charge in [-0.2, -0.15) is 0 Å². The Labute approximate surface area is 93.9 Å². The van der Waals surface area contributed by atoms with E-state index in [1.54, 1.807) is 6.08 Å². The Morgan fingerprint density at radius 1 is 1.00 bits per heavy atom. The first-order valence-electron chi connectivity index (χ1n) is 4.54. The molecular formula is C12H14O4. The second-order valence-electron chi connectivity index (χ2n) is 3.17. The minimum Gasteiger partial charge on any atom is -0.478 e. The summed E-state index contributed by atoms with van der Waals surface area (Å²) in [5.41, 5.74) is 0.736. The fourth-order valence-corrected chi connectivity index (χ4v) is 0.897. The third-order valence-electron chi connectivity index (χ3n) is 1.75. The molecule has 0 amide bonds. The molecule has 0 aromatic rings. The zero-order chi connectivity index (χ0) is 12.7. The van der Waals surface area contributed by atoms with Crippen LogP contribution in [0.25, 0.3) is 0 Å². The molecule has 4 heteroatoms. The molecule has 16 heavy (non-hydrogen) atoms. The molecule has 0 aliphatic rings. The van der Waals surface area contributed by atoms with Gasteiger partial charge in [0, 0.05) is 11.1 Å². The van der Waals surface area contributed by atoms with E-state index in [9.17, 15) is 9.59 Å². The maximum Gasteiger partial charge on any atom is 0.331 e. The van der Waals surface area contributed by atoms with Crippen LogP contribution in [-0.4, -0.2) is 22.2 Å². The number of carbonyl (C=O) groups is 2. The molecule has 86 valence electrons. The minimum atomic E-state index is -1.05. The van der Waals surface area contributed by atoms with E-state index in [-0.39, 0.29) is 11.1 Å². The summed E-state index contributed by atoms with van der Waals surface area (Å²) >= 11 is 0. The summed E-state index contributed by atoms with van der Waals surface area (Å²) in [7, 11) is 0. The maximum atomic E-state index is 10.6. The van der Waals surface area contributed by atoms with Crippen molar-refractivity contribution in [3.63, 3.8) is 0 Å². The van der Waals surface area contributed by atoms with Gasteiger partial charge in [0.25, 0.3) is 0 Å². The van der Waals surface area contributed by atoms with E-state index in [0.717, 1.165) is 0 Å². The van der Waals surface area contributed by atoms with Gasteiger partial charge < -0.3 is 10.2 Å². The fourth-order valence-electron chi connectivity index (χ4n) is 0.897. The summed E-state index contributed by atoms with van der Waals surface area (Å²) in [6.45, 7) is 6.34. The third kappa shape index (κ3) is 4.95. The lowest BCUT2D eigenvalue weighted by Crippen LogP contribution is -1.98. The van der Waals surface area contributed by atoms with Crippen LogP contribution in [0.1, 0.15) is 13.8 Å². The molecule has 0 saturated carbocycles. The summed E-state index contributed by atoms with van der Waals surface area (Å²) in [4.78, 5) is 21.2. The van der Waals surface area contributed by atoms with Crippen LogP contribution in [0.15, 0.2) is 47.6 Å². The van der Waals surface area contributed by atoms with Crippen molar-refractivity contribution < 1.29 is 19.8 Å². The van der Waals surface area contributed by atoms with Crippen LogP contribution in [-0.2, 0) is 9.59 Å². The van der Waals surface area contributed by atoms with Crippen LogP contribution >= 0.6 is 0 Å². The SMILES string of the molecule is C=CC=C(C=C(C)C(=O)O)C=C(C)C(=O)O. The van der Waals surface area contributed by atoms with Gasteiger partial charge in [-0.3, -0.25) is 0 Å². The van der Waals surface area contributed by atoms with Crippen molar-refractivity contribution in [3.05, 3.63) is 47.6 Å². The number of aliphatic carboxylic acids is 2. The van der Waals surface area contributed by atoms with Crippen molar-refractivity contribution >= 4 is 11.9 Å².